The Morgan fingerprint density at radius 3 is 2.93 bits per heavy atom. The molecule has 1 amide bonds. The SMILES string of the molecule is O=C(CCc1cc2n(n1)CCNC2)NC[C@H](c1cccnc1)N1CCCCC1. The van der Waals surface area contributed by atoms with E-state index in [9.17, 15) is 4.79 Å². The number of nitrogens with one attached hydrogen (secondary N) is 2. The van der Waals surface area contributed by atoms with Gasteiger partial charge in [0.05, 0.1) is 24.0 Å². The van der Waals surface area contributed by atoms with Gasteiger partial charge in [-0.2, -0.15) is 5.10 Å². The van der Waals surface area contributed by atoms with E-state index in [0.29, 0.717) is 19.4 Å². The smallest absolute Gasteiger partial charge is 0.220 e. The number of carbonyl (C=O) groups is 1. The highest BCUT2D eigenvalue weighted by atomic mass is 16.1. The van der Waals surface area contributed by atoms with Crippen molar-refractivity contribution in [3.8, 4) is 0 Å². The molecule has 4 rings (SSSR count). The summed E-state index contributed by atoms with van der Waals surface area (Å²) in [5.74, 6) is 0.0926. The fourth-order valence-electron chi connectivity index (χ4n) is 4.18. The Morgan fingerprint density at radius 1 is 1.25 bits per heavy atom. The predicted molar refractivity (Wildman–Crippen MR) is 108 cm³/mol. The van der Waals surface area contributed by atoms with Crippen LogP contribution in [0.1, 0.15) is 48.7 Å². The van der Waals surface area contributed by atoms with Gasteiger partial charge in [0, 0.05) is 44.9 Å². The number of hydrogen-bond acceptors (Lipinski definition) is 5. The topological polar surface area (TPSA) is 75.1 Å². The van der Waals surface area contributed by atoms with Crippen molar-refractivity contribution in [3.05, 3.63) is 47.5 Å². The second kappa shape index (κ2) is 9.30. The first kappa shape index (κ1) is 19.1. The van der Waals surface area contributed by atoms with Crippen molar-refractivity contribution in [1.29, 1.82) is 0 Å². The Hall–Kier alpha value is -2.25. The largest absolute Gasteiger partial charge is 0.354 e. The molecular formula is C21H30N6O. The van der Waals surface area contributed by atoms with Gasteiger partial charge < -0.3 is 10.6 Å². The van der Waals surface area contributed by atoms with Crippen LogP contribution in [0.5, 0.6) is 0 Å². The standard InChI is InChI=1S/C21H30N6O/c28-21(7-6-18-13-19-15-23-9-12-27(19)25-18)24-16-20(17-5-4-8-22-14-17)26-10-2-1-3-11-26/h4-5,8,13-14,20,23H,1-3,6-7,9-12,15-16H2,(H,24,28)/t20-/m1/s1. The highest BCUT2D eigenvalue weighted by Crippen LogP contribution is 2.23. The number of aryl methyl sites for hydroxylation is 1. The quantitative estimate of drug-likeness (QED) is 0.762. The maximum Gasteiger partial charge on any atom is 0.220 e. The zero-order chi connectivity index (χ0) is 19.2. The van der Waals surface area contributed by atoms with Crippen LogP contribution >= 0.6 is 0 Å². The van der Waals surface area contributed by atoms with E-state index in [2.05, 4.69) is 42.4 Å². The van der Waals surface area contributed by atoms with Gasteiger partial charge in [-0.25, -0.2) is 0 Å². The van der Waals surface area contributed by atoms with Crippen LogP contribution in [-0.2, 0) is 24.3 Å². The lowest BCUT2D eigenvalue weighted by atomic mass is 10.0. The fourth-order valence-corrected chi connectivity index (χ4v) is 4.18. The second-order valence-corrected chi connectivity index (χ2v) is 7.73. The number of likely N-dealkylation sites (tertiary alicyclic amines) is 1. The molecule has 2 aliphatic rings. The molecule has 28 heavy (non-hydrogen) atoms. The van der Waals surface area contributed by atoms with Crippen LogP contribution in [0.2, 0.25) is 0 Å². The summed E-state index contributed by atoms with van der Waals surface area (Å²) in [6, 6.07) is 6.40. The van der Waals surface area contributed by atoms with Gasteiger partial charge in [0.2, 0.25) is 5.91 Å². The van der Waals surface area contributed by atoms with Crippen LogP contribution in [0, 0.1) is 0 Å². The lowest BCUT2D eigenvalue weighted by Gasteiger charge is -2.34. The van der Waals surface area contributed by atoms with Crippen LogP contribution in [0.15, 0.2) is 30.6 Å². The third-order valence-electron chi connectivity index (χ3n) is 5.72. The molecular weight excluding hydrogens is 352 g/mol. The third kappa shape index (κ3) is 4.77. The molecule has 1 atom stereocenters. The first-order chi connectivity index (χ1) is 13.8. The zero-order valence-electron chi connectivity index (χ0n) is 16.4. The van der Waals surface area contributed by atoms with E-state index >= 15 is 0 Å². The average molecular weight is 383 g/mol. The number of amides is 1. The van der Waals surface area contributed by atoms with Gasteiger partial charge in [0.15, 0.2) is 0 Å². The van der Waals surface area contributed by atoms with Crippen LogP contribution in [0.4, 0.5) is 0 Å². The maximum atomic E-state index is 12.5. The molecule has 0 unspecified atom stereocenters. The van der Waals surface area contributed by atoms with Crippen LogP contribution in [0.25, 0.3) is 0 Å². The van der Waals surface area contributed by atoms with Crippen LogP contribution in [0.3, 0.4) is 0 Å². The molecule has 2 aromatic heterocycles. The first-order valence-corrected chi connectivity index (χ1v) is 10.5. The first-order valence-electron chi connectivity index (χ1n) is 10.5. The Bertz CT molecular complexity index is 745. The number of piperidine rings is 1. The zero-order valence-corrected chi connectivity index (χ0v) is 16.4. The summed E-state index contributed by atoms with van der Waals surface area (Å²) in [6.07, 6.45) is 8.64. The molecule has 7 nitrogen and oxygen atoms in total. The van der Waals surface area contributed by atoms with Gasteiger partial charge in [-0.1, -0.05) is 12.5 Å². The normalized spacial score (nSPS) is 18.4. The molecule has 2 aromatic rings. The van der Waals surface area contributed by atoms with Crippen LogP contribution in [-0.4, -0.2) is 51.8 Å². The van der Waals surface area contributed by atoms with Gasteiger partial charge in [0.1, 0.15) is 0 Å². The van der Waals surface area contributed by atoms with Crippen molar-refractivity contribution in [2.24, 2.45) is 0 Å². The number of nitrogens with zero attached hydrogens (tertiary/aromatic N) is 4. The minimum absolute atomic E-state index is 0.0926. The molecule has 0 saturated carbocycles. The Kier molecular flexibility index (Phi) is 6.34. The number of aromatic nitrogens is 3. The summed E-state index contributed by atoms with van der Waals surface area (Å²) in [7, 11) is 0. The number of hydrogen-bond donors (Lipinski definition) is 2. The van der Waals surface area contributed by atoms with Gasteiger partial charge in [0.25, 0.3) is 0 Å². The van der Waals surface area contributed by atoms with Gasteiger partial charge in [-0.15, -0.1) is 0 Å². The summed E-state index contributed by atoms with van der Waals surface area (Å²) < 4.78 is 2.05. The molecule has 0 aromatic carbocycles. The third-order valence-corrected chi connectivity index (χ3v) is 5.72. The molecule has 0 radical (unpaired) electrons. The van der Waals surface area contributed by atoms with Crippen molar-refractivity contribution in [2.45, 2.75) is 51.2 Å². The number of rotatable bonds is 7. The monoisotopic (exact) mass is 382 g/mol. The van der Waals surface area contributed by atoms with Gasteiger partial charge in [-0.05, 0) is 43.6 Å². The molecule has 1 fully saturated rings. The Labute approximate surface area is 166 Å². The van der Waals surface area contributed by atoms with E-state index < -0.39 is 0 Å². The minimum Gasteiger partial charge on any atom is -0.354 e. The van der Waals surface area contributed by atoms with Crippen molar-refractivity contribution in [1.82, 2.24) is 30.3 Å². The van der Waals surface area contributed by atoms with E-state index in [1.165, 1.54) is 30.5 Å². The lowest BCUT2D eigenvalue weighted by molar-refractivity contribution is -0.121. The van der Waals surface area contributed by atoms with E-state index in [4.69, 9.17) is 0 Å². The lowest BCUT2D eigenvalue weighted by Crippen LogP contribution is -2.40. The number of pyridine rings is 1. The molecule has 0 aliphatic carbocycles. The van der Waals surface area contributed by atoms with E-state index in [1.54, 1.807) is 6.20 Å². The van der Waals surface area contributed by atoms with E-state index in [1.807, 2.05) is 12.3 Å². The van der Waals surface area contributed by atoms with Crippen molar-refractivity contribution >= 4 is 5.91 Å². The highest BCUT2D eigenvalue weighted by molar-refractivity contribution is 5.76. The second-order valence-electron chi connectivity index (χ2n) is 7.73. The predicted octanol–water partition coefficient (Wildman–Crippen LogP) is 1.66. The Morgan fingerprint density at radius 2 is 2.14 bits per heavy atom. The van der Waals surface area contributed by atoms with Crippen LogP contribution < -0.4 is 10.6 Å². The van der Waals surface area contributed by atoms with Crippen molar-refractivity contribution in [2.75, 3.05) is 26.2 Å². The minimum atomic E-state index is 0.0926. The Balaban J connectivity index is 1.31. The van der Waals surface area contributed by atoms with E-state index in [-0.39, 0.29) is 11.9 Å². The number of fused-ring (bicyclic) bond motifs is 1. The van der Waals surface area contributed by atoms with Crippen molar-refractivity contribution in [3.63, 3.8) is 0 Å². The molecule has 1 saturated heterocycles. The van der Waals surface area contributed by atoms with Gasteiger partial charge in [-0.3, -0.25) is 19.4 Å². The average Bonchev–Trinajstić information content (AvgIpc) is 3.17. The molecule has 7 heteroatoms. The molecule has 0 spiro atoms. The van der Waals surface area contributed by atoms with Gasteiger partial charge >= 0.3 is 0 Å². The molecule has 0 bridgehead atoms. The molecule has 2 aliphatic heterocycles. The van der Waals surface area contributed by atoms with Crippen molar-refractivity contribution < 1.29 is 4.79 Å². The van der Waals surface area contributed by atoms with E-state index in [0.717, 1.165) is 38.4 Å². The summed E-state index contributed by atoms with van der Waals surface area (Å²) in [5, 5.41) is 11.1. The highest BCUT2D eigenvalue weighted by Gasteiger charge is 2.23. The molecule has 150 valence electrons. The summed E-state index contributed by atoms with van der Waals surface area (Å²) in [6.45, 7) is 5.54. The summed E-state index contributed by atoms with van der Waals surface area (Å²) >= 11 is 0. The fraction of sp³-hybridized carbons (Fsp3) is 0.571. The maximum absolute atomic E-state index is 12.5. The molecule has 4 heterocycles. The number of carbonyl (C=O) groups excluding carboxylic acids is 1. The molecule has 2 N–H and O–H groups in total. The summed E-state index contributed by atoms with van der Waals surface area (Å²) in [5.41, 5.74) is 3.40. The summed E-state index contributed by atoms with van der Waals surface area (Å²) in [4.78, 5) is 19.2.